The van der Waals surface area contributed by atoms with Gasteiger partial charge in [0.15, 0.2) is 11.2 Å². The number of aromatic amines is 1. The Kier molecular flexibility index (Phi) is 16.8. The molecule has 0 amide bonds. The number of H-pyrrole nitrogens is 1. The minimum absolute atomic E-state index is 0.00417. The Labute approximate surface area is 250 Å². The largest absolute Gasteiger partial charge is 0.465 e. The van der Waals surface area contributed by atoms with Crippen LogP contribution >= 0.6 is 0 Å². The van der Waals surface area contributed by atoms with E-state index in [4.69, 9.17) is 20.9 Å². The molecule has 0 bridgehead atoms. The van der Waals surface area contributed by atoms with Crippen LogP contribution in [-0.4, -0.2) is 50.7 Å². The molecule has 5 N–H and O–H groups in total. The van der Waals surface area contributed by atoms with E-state index in [1.807, 2.05) is 13.8 Å². The lowest BCUT2D eigenvalue weighted by Crippen LogP contribution is -2.38. The lowest BCUT2D eigenvalue weighted by molar-refractivity contribution is -0.150. The molecule has 238 valence electrons. The number of nitrogens with zero attached hydrogens (tertiary/aromatic N) is 3. The summed E-state index contributed by atoms with van der Waals surface area (Å²) in [5, 5.41) is 0. The third kappa shape index (κ3) is 13.4. The van der Waals surface area contributed by atoms with Gasteiger partial charge in [-0.3, -0.25) is 19.4 Å². The molecule has 11 nitrogen and oxygen atoms in total. The van der Waals surface area contributed by atoms with Crippen molar-refractivity contribution < 1.29 is 19.1 Å². The van der Waals surface area contributed by atoms with Crippen molar-refractivity contribution in [2.24, 2.45) is 17.6 Å². The first-order chi connectivity index (χ1) is 20.2. The molecule has 0 aliphatic heterocycles. The number of rotatable bonds is 23. The summed E-state index contributed by atoms with van der Waals surface area (Å²) in [6.45, 7) is 6.55. The summed E-state index contributed by atoms with van der Waals surface area (Å²) in [5.74, 6) is -1.05. The monoisotopic (exact) mass is 590 g/mol. The summed E-state index contributed by atoms with van der Waals surface area (Å²) >= 11 is 0. The van der Waals surface area contributed by atoms with Crippen LogP contribution in [0.1, 0.15) is 117 Å². The number of imidazole rings is 1. The molecule has 1 unspecified atom stereocenters. The van der Waals surface area contributed by atoms with Crippen molar-refractivity contribution in [2.45, 2.75) is 130 Å². The van der Waals surface area contributed by atoms with Gasteiger partial charge < -0.3 is 25.5 Å². The Hall–Kier alpha value is -2.95. The molecule has 0 aliphatic carbocycles. The highest BCUT2D eigenvalue weighted by Crippen LogP contribution is 2.15. The van der Waals surface area contributed by atoms with Gasteiger partial charge in [0.25, 0.3) is 5.56 Å². The highest BCUT2D eigenvalue weighted by atomic mass is 16.5. The number of esters is 2. The molecule has 11 heteroatoms. The van der Waals surface area contributed by atoms with E-state index in [2.05, 4.69) is 21.9 Å². The second-order valence-corrected chi connectivity index (χ2v) is 11.8. The van der Waals surface area contributed by atoms with Crippen LogP contribution in [0, 0.1) is 11.8 Å². The van der Waals surface area contributed by atoms with E-state index in [9.17, 15) is 14.4 Å². The topological polar surface area (TPSA) is 168 Å². The van der Waals surface area contributed by atoms with Crippen molar-refractivity contribution in [1.29, 1.82) is 0 Å². The van der Waals surface area contributed by atoms with Gasteiger partial charge in [0, 0.05) is 18.9 Å². The zero-order valence-corrected chi connectivity index (χ0v) is 26.1. The fourth-order valence-corrected chi connectivity index (χ4v) is 4.81. The zero-order valence-electron chi connectivity index (χ0n) is 26.1. The minimum Gasteiger partial charge on any atom is -0.465 e. The van der Waals surface area contributed by atoms with Crippen LogP contribution in [0.2, 0.25) is 0 Å². The van der Waals surface area contributed by atoms with Gasteiger partial charge in [0.05, 0.1) is 19.5 Å². The fourth-order valence-electron chi connectivity index (χ4n) is 4.81. The van der Waals surface area contributed by atoms with Crippen molar-refractivity contribution in [1.82, 2.24) is 19.5 Å². The van der Waals surface area contributed by atoms with Gasteiger partial charge in [0.2, 0.25) is 5.95 Å². The maximum Gasteiger partial charge on any atom is 0.323 e. The predicted octanol–water partition coefficient (Wildman–Crippen LogP) is 5.26. The molecule has 0 radical (unpaired) electrons. The average molecular weight is 591 g/mol. The first-order valence-corrected chi connectivity index (χ1v) is 16.0. The predicted molar refractivity (Wildman–Crippen MR) is 166 cm³/mol. The Morgan fingerprint density at radius 3 is 2.10 bits per heavy atom. The van der Waals surface area contributed by atoms with Gasteiger partial charge in [0.1, 0.15) is 6.04 Å². The quantitative estimate of drug-likeness (QED) is 0.115. The molecular formula is C31H54N6O5. The summed E-state index contributed by atoms with van der Waals surface area (Å²) in [7, 11) is 0. The molecule has 2 rings (SSSR count). The van der Waals surface area contributed by atoms with Crippen LogP contribution in [0.15, 0.2) is 11.1 Å². The zero-order chi connectivity index (χ0) is 30.7. The molecule has 42 heavy (non-hydrogen) atoms. The fraction of sp³-hybridized carbons (Fsp3) is 0.774. The first-order valence-electron chi connectivity index (χ1n) is 16.0. The summed E-state index contributed by atoms with van der Waals surface area (Å²) in [6.07, 6.45) is 18.6. The van der Waals surface area contributed by atoms with Gasteiger partial charge in [-0.15, -0.1) is 0 Å². The van der Waals surface area contributed by atoms with Gasteiger partial charge in [-0.05, 0) is 18.8 Å². The van der Waals surface area contributed by atoms with Gasteiger partial charge in [-0.2, -0.15) is 4.98 Å². The Bertz CT molecular complexity index is 1110. The maximum absolute atomic E-state index is 12.4. The maximum atomic E-state index is 12.4. The van der Waals surface area contributed by atoms with Crippen LogP contribution in [0.5, 0.6) is 0 Å². The lowest BCUT2D eigenvalue weighted by atomic mass is 10.0. The summed E-state index contributed by atoms with van der Waals surface area (Å²) in [6, 6.07) is -0.722. The number of carbonyl (C=O) groups is 2. The van der Waals surface area contributed by atoms with Crippen LogP contribution in [0.25, 0.3) is 11.2 Å². The van der Waals surface area contributed by atoms with Crippen molar-refractivity contribution >= 4 is 29.1 Å². The van der Waals surface area contributed by atoms with E-state index in [0.29, 0.717) is 25.0 Å². The molecule has 0 saturated heterocycles. The normalized spacial score (nSPS) is 13.0. The van der Waals surface area contributed by atoms with E-state index >= 15 is 0 Å². The second kappa shape index (κ2) is 20.0. The van der Waals surface area contributed by atoms with Crippen molar-refractivity contribution in [2.75, 3.05) is 18.9 Å². The molecule has 0 aromatic carbocycles. The highest BCUT2D eigenvalue weighted by Gasteiger charge is 2.22. The number of nitrogens with one attached hydrogen (secondary N) is 1. The summed E-state index contributed by atoms with van der Waals surface area (Å²) < 4.78 is 12.8. The number of carbonyl (C=O) groups excluding carboxylic acids is 2. The van der Waals surface area contributed by atoms with Crippen molar-refractivity contribution in [3.63, 3.8) is 0 Å². The molecule has 2 heterocycles. The molecule has 2 aromatic rings. The Morgan fingerprint density at radius 1 is 0.929 bits per heavy atom. The summed E-state index contributed by atoms with van der Waals surface area (Å²) in [5.41, 5.74) is 11.8. The van der Waals surface area contributed by atoms with E-state index in [1.54, 1.807) is 4.57 Å². The van der Waals surface area contributed by atoms with Crippen molar-refractivity contribution in [3.8, 4) is 0 Å². The average Bonchev–Trinajstić information content (AvgIpc) is 3.37. The molecule has 2 atom stereocenters. The Balaban J connectivity index is 1.72. The van der Waals surface area contributed by atoms with Crippen LogP contribution < -0.4 is 17.0 Å². The third-order valence-electron chi connectivity index (χ3n) is 7.69. The minimum atomic E-state index is -0.722. The smallest absolute Gasteiger partial charge is 0.323 e. The van der Waals surface area contributed by atoms with Crippen molar-refractivity contribution in [3.05, 3.63) is 16.7 Å². The number of nitrogens with two attached hydrogens (primary N) is 2. The molecule has 0 aliphatic rings. The molecular weight excluding hydrogens is 536 g/mol. The molecule has 0 spiro atoms. The number of nitrogen functional groups attached to an aromatic ring is 1. The van der Waals surface area contributed by atoms with Gasteiger partial charge >= 0.3 is 11.9 Å². The van der Waals surface area contributed by atoms with Gasteiger partial charge in [-0.25, -0.2) is 4.98 Å². The number of unbranched alkanes of at least 4 members (excludes halogenated alkanes) is 12. The summed E-state index contributed by atoms with van der Waals surface area (Å²) in [4.78, 5) is 47.6. The molecule has 0 saturated carbocycles. The van der Waals surface area contributed by atoms with E-state index in [1.165, 1.54) is 70.5 Å². The first kappa shape index (κ1) is 35.2. The standard InChI is InChI=1S/C31H54N6O5/c1-4-5-6-7-8-9-10-11-12-13-14-15-16-17-25(38)41-20-24(21-42-30(40)26(32)23(2)3)18-19-37-22-34-27-28(37)35-31(33)36-29(27)39/h22-24,26H,4-21,32H2,1-3H3,(H3,33,35,36,39)/t24?,26-/m0/s1. The SMILES string of the molecule is CCCCCCCCCCCCCCCC(=O)OCC(CCn1cnc2c(=O)[nH]c(N)nc21)COC(=O)[C@@H](N)C(C)C. The second-order valence-electron chi connectivity index (χ2n) is 11.8. The number of fused-ring (bicyclic) bond motifs is 1. The van der Waals surface area contributed by atoms with Crippen LogP contribution in [0.3, 0.4) is 0 Å². The number of ether oxygens (including phenoxy) is 2. The Morgan fingerprint density at radius 2 is 1.50 bits per heavy atom. The number of anilines is 1. The lowest BCUT2D eigenvalue weighted by Gasteiger charge is -2.20. The van der Waals surface area contributed by atoms with E-state index in [0.717, 1.165) is 19.3 Å². The van der Waals surface area contributed by atoms with Gasteiger partial charge in [-0.1, -0.05) is 97.8 Å². The highest BCUT2D eigenvalue weighted by molar-refractivity contribution is 5.75. The van der Waals surface area contributed by atoms with E-state index in [-0.39, 0.29) is 42.5 Å². The third-order valence-corrected chi connectivity index (χ3v) is 7.69. The number of hydrogen-bond donors (Lipinski definition) is 3. The van der Waals surface area contributed by atoms with Crippen LogP contribution in [-0.2, 0) is 25.6 Å². The number of aromatic nitrogens is 4. The number of hydrogen-bond acceptors (Lipinski definition) is 9. The van der Waals surface area contributed by atoms with Crippen LogP contribution in [0.4, 0.5) is 5.95 Å². The van der Waals surface area contributed by atoms with E-state index < -0.39 is 17.6 Å². The number of aryl methyl sites for hydroxylation is 1. The molecule has 2 aromatic heterocycles. The molecule has 0 fully saturated rings.